The van der Waals surface area contributed by atoms with E-state index in [0.717, 1.165) is 0 Å². The zero-order valence-corrected chi connectivity index (χ0v) is 24.5. The first-order valence-corrected chi connectivity index (χ1v) is 14.6. The summed E-state index contributed by atoms with van der Waals surface area (Å²) < 4.78 is 37.8. The number of benzene rings is 1. The molecule has 0 amide bonds. The number of aliphatic hydroxyl groups excluding tert-OH is 2. The monoisotopic (exact) mass is 613 g/mol. The number of alkyl halides is 1. The van der Waals surface area contributed by atoms with E-state index in [0.29, 0.717) is 11.3 Å². The molecule has 4 rings (SSSR count). The minimum atomic E-state index is -4.27. The van der Waals surface area contributed by atoms with Crippen LogP contribution >= 0.6 is 19.3 Å². The smallest absolute Gasteiger partial charge is 0.459 e. The van der Waals surface area contributed by atoms with E-state index in [1.54, 1.807) is 51.2 Å². The molecule has 1 fully saturated rings. The molecule has 17 heteroatoms. The highest BCUT2D eigenvalue weighted by Crippen LogP contribution is 2.48. The molecule has 2 aromatic heterocycles. The number of anilines is 2. The number of nitrogen functional groups attached to an aromatic ring is 1. The topological polar surface area (TPSA) is 205 Å². The molecule has 1 aliphatic heterocycles. The number of rotatable bonds is 12. The average Bonchev–Trinajstić information content (AvgIpc) is 3.45. The van der Waals surface area contributed by atoms with E-state index in [1.807, 2.05) is 0 Å². The van der Waals surface area contributed by atoms with Gasteiger partial charge >= 0.3 is 13.7 Å². The van der Waals surface area contributed by atoms with Crippen LogP contribution in [0.2, 0.25) is 0 Å². The minimum absolute atomic E-state index is 0.0543. The summed E-state index contributed by atoms with van der Waals surface area (Å²) in [5, 5.41) is 26.8. The number of ether oxygens (including phenoxy) is 2. The number of para-hydroxylation sites is 1. The number of carbonyl (C=O) groups excluding carboxylic acids is 1. The number of imidazole rings is 1. The molecule has 6 atom stereocenters. The van der Waals surface area contributed by atoms with Crippen LogP contribution in [0.15, 0.2) is 36.7 Å². The Labute approximate surface area is 240 Å². The third kappa shape index (κ3) is 6.56. The van der Waals surface area contributed by atoms with Crippen LogP contribution in [-0.2, 0) is 23.4 Å². The van der Waals surface area contributed by atoms with E-state index in [2.05, 4.69) is 25.4 Å². The van der Waals surface area contributed by atoms with Crippen molar-refractivity contribution in [3.63, 3.8) is 0 Å². The first-order chi connectivity index (χ1) is 19.4. The Morgan fingerprint density at radius 3 is 2.63 bits per heavy atom. The minimum Gasteiger partial charge on any atom is -0.462 e. The second-order valence-corrected chi connectivity index (χ2v) is 12.0. The van der Waals surface area contributed by atoms with Gasteiger partial charge in [-0.3, -0.25) is 13.9 Å². The van der Waals surface area contributed by atoms with Gasteiger partial charge in [0.15, 0.2) is 23.2 Å². The van der Waals surface area contributed by atoms with Crippen molar-refractivity contribution in [3.05, 3.63) is 36.7 Å². The van der Waals surface area contributed by atoms with Gasteiger partial charge in [-0.25, -0.2) is 9.55 Å². The van der Waals surface area contributed by atoms with Crippen molar-refractivity contribution in [2.24, 2.45) is 0 Å². The Morgan fingerprint density at radius 2 is 2.00 bits per heavy atom. The molecule has 0 bridgehead atoms. The maximum atomic E-state index is 13.8. The van der Waals surface area contributed by atoms with E-state index in [-0.39, 0.29) is 17.3 Å². The molecule has 3 aromatic rings. The fourth-order valence-electron chi connectivity index (χ4n) is 4.19. The predicted molar refractivity (Wildman–Crippen MR) is 149 cm³/mol. The van der Waals surface area contributed by atoms with E-state index in [4.69, 9.17) is 35.9 Å². The van der Waals surface area contributed by atoms with Crippen molar-refractivity contribution in [1.29, 1.82) is 0 Å². The van der Waals surface area contributed by atoms with Crippen LogP contribution in [0.1, 0.15) is 27.0 Å². The number of nitrogens with zero attached hydrogens (tertiary/aromatic N) is 4. The number of esters is 1. The third-order valence-electron chi connectivity index (χ3n) is 6.16. The van der Waals surface area contributed by atoms with E-state index >= 15 is 0 Å². The Morgan fingerprint density at radius 1 is 1.29 bits per heavy atom. The molecular formula is C24H33ClN7O8P. The van der Waals surface area contributed by atoms with Crippen molar-refractivity contribution in [1.82, 2.24) is 24.6 Å². The highest BCUT2D eigenvalue weighted by molar-refractivity contribution is 7.52. The second kappa shape index (κ2) is 12.4. The second-order valence-electron chi connectivity index (χ2n) is 9.60. The Kier molecular flexibility index (Phi) is 9.39. The van der Waals surface area contributed by atoms with Gasteiger partial charge < -0.3 is 35.3 Å². The fourth-order valence-corrected chi connectivity index (χ4v) is 5.99. The van der Waals surface area contributed by atoms with Crippen molar-refractivity contribution in [2.75, 3.05) is 31.3 Å². The quantitative estimate of drug-likeness (QED) is 0.112. The number of aromatic nitrogens is 4. The van der Waals surface area contributed by atoms with Crippen molar-refractivity contribution in [2.45, 2.75) is 56.2 Å². The van der Waals surface area contributed by atoms with Crippen LogP contribution in [0.3, 0.4) is 0 Å². The number of halogens is 1. The standard InChI is InChI=1S/C24H33ClN7O8P/c1-13(2)38-21(35)14(3)31-41(36,40-15-8-6-5-7-9-15)37-10-16-18(34)24(25,11-33)22(39-16)32-12-28-17-19(27-4)29-23(26)30-20(17)32/h5-9,12-14,16,18,22,33-34H,10-11H2,1-4H3,(H,31,36)(H3,26,27,29,30)/t14-,16+,18+,22+,24+,41?/m0/s1. The highest BCUT2D eigenvalue weighted by atomic mass is 35.5. The van der Waals surface area contributed by atoms with Crippen LogP contribution < -0.4 is 20.7 Å². The Hall–Kier alpha value is -3.04. The summed E-state index contributed by atoms with van der Waals surface area (Å²) in [6, 6.07) is 7.10. The lowest BCUT2D eigenvalue weighted by molar-refractivity contribution is -0.149. The molecule has 224 valence electrons. The first kappa shape index (κ1) is 30.9. The summed E-state index contributed by atoms with van der Waals surface area (Å²) in [5.74, 6) is -0.180. The van der Waals surface area contributed by atoms with Gasteiger partial charge in [0.1, 0.15) is 28.9 Å². The number of fused-ring (bicyclic) bond motifs is 1. The third-order valence-corrected chi connectivity index (χ3v) is 8.34. The average molecular weight is 614 g/mol. The van der Waals surface area contributed by atoms with Gasteiger partial charge in [0.25, 0.3) is 0 Å². The molecule has 15 nitrogen and oxygen atoms in total. The number of nitrogens with two attached hydrogens (primary N) is 1. The largest absolute Gasteiger partial charge is 0.462 e. The van der Waals surface area contributed by atoms with Gasteiger partial charge in [-0.15, -0.1) is 11.6 Å². The molecule has 1 unspecified atom stereocenters. The predicted octanol–water partition coefficient (Wildman–Crippen LogP) is 1.81. The van der Waals surface area contributed by atoms with E-state index in [9.17, 15) is 19.6 Å². The summed E-state index contributed by atoms with van der Waals surface area (Å²) in [7, 11) is -2.64. The summed E-state index contributed by atoms with van der Waals surface area (Å²) in [6.07, 6.45) is -2.98. The lowest BCUT2D eigenvalue weighted by atomic mass is 9.99. The number of aliphatic hydroxyl groups is 2. The molecule has 0 radical (unpaired) electrons. The number of carbonyl (C=O) groups is 1. The van der Waals surface area contributed by atoms with Crippen molar-refractivity contribution in [3.8, 4) is 5.75 Å². The summed E-state index contributed by atoms with van der Waals surface area (Å²) in [4.78, 5) is 23.2. The first-order valence-electron chi connectivity index (χ1n) is 12.7. The van der Waals surface area contributed by atoms with Gasteiger partial charge in [-0.2, -0.15) is 15.1 Å². The van der Waals surface area contributed by atoms with Crippen LogP contribution in [0, 0.1) is 0 Å². The number of hydrogen-bond donors (Lipinski definition) is 5. The van der Waals surface area contributed by atoms with E-state index < -0.39 is 62.4 Å². The van der Waals surface area contributed by atoms with Gasteiger partial charge in [0.05, 0.1) is 25.6 Å². The Bertz CT molecular complexity index is 1410. The van der Waals surface area contributed by atoms with Crippen molar-refractivity contribution >= 4 is 48.2 Å². The number of hydrogen-bond acceptors (Lipinski definition) is 13. The zero-order valence-electron chi connectivity index (χ0n) is 22.8. The summed E-state index contributed by atoms with van der Waals surface area (Å²) in [6.45, 7) is 3.57. The number of nitrogens with one attached hydrogen (secondary N) is 2. The van der Waals surface area contributed by atoms with Gasteiger partial charge in [0.2, 0.25) is 5.95 Å². The van der Waals surface area contributed by atoms with Gasteiger partial charge in [-0.05, 0) is 32.9 Å². The van der Waals surface area contributed by atoms with Crippen LogP contribution in [0.4, 0.5) is 11.8 Å². The van der Waals surface area contributed by atoms with Crippen LogP contribution in [0.5, 0.6) is 5.75 Å². The normalized spacial score (nSPS) is 24.7. The lowest BCUT2D eigenvalue weighted by Crippen LogP contribution is -2.45. The molecule has 1 saturated heterocycles. The molecule has 3 heterocycles. The van der Waals surface area contributed by atoms with Gasteiger partial charge in [0, 0.05) is 7.05 Å². The van der Waals surface area contributed by atoms with Gasteiger partial charge in [-0.1, -0.05) is 18.2 Å². The zero-order chi connectivity index (χ0) is 29.9. The summed E-state index contributed by atoms with van der Waals surface area (Å²) in [5.41, 5.74) is 6.43. The molecule has 1 aromatic carbocycles. The molecule has 6 N–H and O–H groups in total. The SMILES string of the molecule is CNc1nc(N)nc2c1ncn2[C@@H]1O[C@H](COP(=O)(N[C@@H](C)C(=O)OC(C)C)Oc2ccccc2)[C@@H](O)[C@]1(Cl)CO. The van der Waals surface area contributed by atoms with Crippen LogP contribution in [-0.4, -0.2) is 85.2 Å². The molecule has 41 heavy (non-hydrogen) atoms. The maximum absolute atomic E-state index is 13.8. The maximum Gasteiger partial charge on any atom is 0.459 e. The molecular weight excluding hydrogens is 581 g/mol. The molecule has 0 saturated carbocycles. The molecule has 0 spiro atoms. The fraction of sp³-hybridized carbons (Fsp3) is 0.500. The summed E-state index contributed by atoms with van der Waals surface area (Å²) >= 11 is 6.73. The highest BCUT2D eigenvalue weighted by Gasteiger charge is 2.57. The lowest BCUT2D eigenvalue weighted by Gasteiger charge is -2.28. The molecule has 1 aliphatic rings. The molecule has 0 aliphatic carbocycles. The van der Waals surface area contributed by atoms with Crippen molar-refractivity contribution < 1.29 is 38.1 Å². The van der Waals surface area contributed by atoms with E-state index in [1.165, 1.54) is 17.8 Å². The Balaban J connectivity index is 1.59. The van der Waals surface area contributed by atoms with Crippen LogP contribution in [0.25, 0.3) is 11.2 Å².